The normalized spacial score (nSPS) is 9.81. The number of amides is 1. The second-order valence-electron chi connectivity index (χ2n) is 3.06. The van der Waals surface area contributed by atoms with E-state index in [1.165, 1.54) is 6.26 Å². The molecule has 16 heavy (non-hydrogen) atoms. The van der Waals surface area contributed by atoms with Crippen molar-refractivity contribution >= 4 is 17.4 Å². The van der Waals surface area contributed by atoms with Gasteiger partial charge >= 0.3 is 0 Å². The van der Waals surface area contributed by atoms with Gasteiger partial charge in [0.15, 0.2) is 5.82 Å². The number of nitrogens with one attached hydrogen (secondary N) is 2. The molecule has 0 saturated carbocycles. The maximum atomic E-state index is 11.7. The molecular formula is C10H10N4O2. The van der Waals surface area contributed by atoms with Crippen molar-refractivity contribution in [1.29, 1.82) is 0 Å². The van der Waals surface area contributed by atoms with E-state index in [2.05, 4.69) is 20.4 Å². The molecule has 0 atom stereocenters. The predicted molar refractivity (Wildman–Crippen MR) is 58.7 cm³/mol. The summed E-state index contributed by atoms with van der Waals surface area (Å²) in [5, 5.41) is 6.16. The quantitative estimate of drug-likeness (QED) is 0.532. The van der Waals surface area contributed by atoms with Gasteiger partial charge in [-0.3, -0.25) is 10.6 Å². The molecule has 0 aliphatic heterocycles. The van der Waals surface area contributed by atoms with E-state index in [0.717, 1.165) is 5.69 Å². The minimum absolute atomic E-state index is 0.252. The van der Waals surface area contributed by atoms with Gasteiger partial charge in [-0.1, -0.05) is 5.16 Å². The Kier molecular flexibility index (Phi) is 2.84. The number of benzene rings is 1. The van der Waals surface area contributed by atoms with Crippen molar-refractivity contribution in [2.75, 3.05) is 10.7 Å². The molecule has 4 N–H and O–H groups in total. The molecule has 1 heterocycles. The Morgan fingerprint density at radius 2 is 2.00 bits per heavy atom. The fraction of sp³-hybridized carbons (Fsp3) is 0. The van der Waals surface area contributed by atoms with Crippen LogP contribution in [-0.4, -0.2) is 11.1 Å². The van der Waals surface area contributed by atoms with Crippen LogP contribution < -0.4 is 16.6 Å². The van der Waals surface area contributed by atoms with Gasteiger partial charge in [0.1, 0.15) is 6.26 Å². The highest BCUT2D eigenvalue weighted by atomic mass is 16.5. The third kappa shape index (κ3) is 2.18. The van der Waals surface area contributed by atoms with Crippen molar-refractivity contribution in [3.63, 3.8) is 0 Å². The number of hydrogen-bond acceptors (Lipinski definition) is 5. The van der Waals surface area contributed by atoms with E-state index in [9.17, 15) is 4.79 Å². The zero-order valence-electron chi connectivity index (χ0n) is 8.31. The van der Waals surface area contributed by atoms with Crippen LogP contribution in [0.25, 0.3) is 0 Å². The molecule has 1 amide bonds. The summed E-state index contributed by atoms with van der Waals surface area (Å²) < 4.78 is 4.60. The summed E-state index contributed by atoms with van der Waals surface area (Å²) in [5.41, 5.74) is 3.73. The minimum atomic E-state index is -0.252. The number of rotatable bonds is 3. The molecule has 0 aliphatic rings. The van der Waals surface area contributed by atoms with Gasteiger partial charge in [-0.25, -0.2) is 0 Å². The van der Waals surface area contributed by atoms with Crippen molar-refractivity contribution in [3.8, 4) is 0 Å². The summed E-state index contributed by atoms with van der Waals surface area (Å²) in [6.07, 6.45) is 1.39. The first-order valence-corrected chi connectivity index (χ1v) is 4.58. The average molecular weight is 218 g/mol. The summed E-state index contributed by atoms with van der Waals surface area (Å²) in [6.45, 7) is 0. The molecule has 82 valence electrons. The smallest absolute Gasteiger partial charge is 0.256 e. The Morgan fingerprint density at radius 1 is 1.25 bits per heavy atom. The third-order valence-corrected chi connectivity index (χ3v) is 1.99. The van der Waals surface area contributed by atoms with Gasteiger partial charge < -0.3 is 15.3 Å². The van der Waals surface area contributed by atoms with Crippen molar-refractivity contribution in [1.82, 2.24) is 5.16 Å². The van der Waals surface area contributed by atoms with Gasteiger partial charge in [0.05, 0.1) is 0 Å². The Labute approximate surface area is 91.4 Å². The molecule has 1 aromatic carbocycles. The molecule has 0 spiro atoms. The Hall–Kier alpha value is -2.34. The first-order valence-electron chi connectivity index (χ1n) is 4.58. The van der Waals surface area contributed by atoms with E-state index in [4.69, 9.17) is 5.84 Å². The maximum absolute atomic E-state index is 11.7. The van der Waals surface area contributed by atoms with E-state index < -0.39 is 0 Å². The Bertz CT molecular complexity index is 464. The summed E-state index contributed by atoms with van der Waals surface area (Å²) in [6, 6.07) is 8.29. The highest BCUT2D eigenvalue weighted by Gasteiger charge is 2.06. The zero-order chi connectivity index (χ0) is 11.4. The van der Waals surface area contributed by atoms with Crippen molar-refractivity contribution < 1.29 is 9.32 Å². The van der Waals surface area contributed by atoms with Gasteiger partial charge in [-0.05, 0) is 24.3 Å². The number of anilines is 2. The van der Waals surface area contributed by atoms with Crippen LogP contribution in [0.5, 0.6) is 0 Å². The van der Waals surface area contributed by atoms with Gasteiger partial charge in [-0.15, -0.1) is 0 Å². The standard InChI is InChI=1S/C10H10N4O2/c11-13-8-3-1-7(2-4-8)10(15)12-9-5-6-16-14-9/h1-6,13H,11H2,(H,12,14,15). The molecule has 1 aromatic heterocycles. The lowest BCUT2D eigenvalue weighted by molar-refractivity contribution is 0.102. The monoisotopic (exact) mass is 218 g/mol. The summed E-state index contributed by atoms with van der Waals surface area (Å²) in [5.74, 6) is 5.34. The van der Waals surface area contributed by atoms with Crippen molar-refractivity contribution in [2.24, 2.45) is 5.84 Å². The summed E-state index contributed by atoms with van der Waals surface area (Å²) in [7, 11) is 0. The molecule has 2 aromatic rings. The van der Waals surface area contributed by atoms with Gasteiger partial charge in [0, 0.05) is 17.3 Å². The number of nitrogen functional groups attached to an aromatic ring is 1. The highest BCUT2D eigenvalue weighted by Crippen LogP contribution is 2.10. The number of nitrogens with zero attached hydrogens (tertiary/aromatic N) is 1. The number of carbonyl (C=O) groups excluding carboxylic acids is 1. The predicted octanol–water partition coefficient (Wildman–Crippen LogP) is 1.21. The van der Waals surface area contributed by atoms with E-state index in [1.54, 1.807) is 30.3 Å². The molecular weight excluding hydrogens is 208 g/mol. The zero-order valence-corrected chi connectivity index (χ0v) is 8.31. The highest BCUT2D eigenvalue weighted by molar-refractivity contribution is 6.03. The van der Waals surface area contributed by atoms with Gasteiger partial charge in [0.25, 0.3) is 5.91 Å². The molecule has 6 heteroatoms. The lowest BCUT2D eigenvalue weighted by Gasteiger charge is -2.03. The molecule has 0 bridgehead atoms. The first kappa shape index (κ1) is 10.2. The molecule has 2 rings (SSSR count). The average Bonchev–Trinajstić information content (AvgIpc) is 2.82. The summed E-state index contributed by atoms with van der Waals surface area (Å²) >= 11 is 0. The van der Waals surface area contributed by atoms with Crippen LogP contribution in [0.15, 0.2) is 41.1 Å². The van der Waals surface area contributed by atoms with Crippen molar-refractivity contribution in [2.45, 2.75) is 0 Å². The molecule has 0 unspecified atom stereocenters. The number of nitrogens with two attached hydrogens (primary N) is 1. The fourth-order valence-electron chi connectivity index (χ4n) is 1.18. The second-order valence-corrected chi connectivity index (χ2v) is 3.06. The van der Waals surface area contributed by atoms with Crippen LogP contribution in [0.4, 0.5) is 11.5 Å². The third-order valence-electron chi connectivity index (χ3n) is 1.99. The van der Waals surface area contributed by atoms with Crippen LogP contribution >= 0.6 is 0 Å². The van der Waals surface area contributed by atoms with E-state index in [1.807, 2.05) is 0 Å². The minimum Gasteiger partial charge on any atom is -0.363 e. The number of carbonyl (C=O) groups is 1. The Balaban J connectivity index is 2.09. The van der Waals surface area contributed by atoms with E-state index in [-0.39, 0.29) is 5.91 Å². The van der Waals surface area contributed by atoms with Gasteiger partial charge in [-0.2, -0.15) is 0 Å². The van der Waals surface area contributed by atoms with E-state index in [0.29, 0.717) is 11.4 Å². The molecule has 0 saturated heterocycles. The summed E-state index contributed by atoms with van der Waals surface area (Å²) in [4.78, 5) is 11.7. The van der Waals surface area contributed by atoms with Gasteiger partial charge in [0.2, 0.25) is 0 Å². The number of aromatic nitrogens is 1. The number of hydrazine groups is 1. The lowest BCUT2D eigenvalue weighted by atomic mass is 10.2. The number of hydrogen-bond donors (Lipinski definition) is 3. The van der Waals surface area contributed by atoms with Crippen LogP contribution in [-0.2, 0) is 0 Å². The Morgan fingerprint density at radius 3 is 2.56 bits per heavy atom. The molecule has 0 fully saturated rings. The first-order chi connectivity index (χ1) is 7.79. The molecule has 6 nitrogen and oxygen atoms in total. The van der Waals surface area contributed by atoms with E-state index >= 15 is 0 Å². The lowest BCUT2D eigenvalue weighted by Crippen LogP contribution is -2.12. The van der Waals surface area contributed by atoms with Crippen LogP contribution in [0.3, 0.4) is 0 Å². The maximum Gasteiger partial charge on any atom is 0.256 e. The molecule has 0 radical (unpaired) electrons. The SMILES string of the molecule is NNc1ccc(C(=O)Nc2ccon2)cc1. The second kappa shape index (κ2) is 4.45. The van der Waals surface area contributed by atoms with Crippen LogP contribution in [0.2, 0.25) is 0 Å². The van der Waals surface area contributed by atoms with Crippen LogP contribution in [0.1, 0.15) is 10.4 Å². The fourth-order valence-corrected chi connectivity index (χ4v) is 1.18. The van der Waals surface area contributed by atoms with Crippen molar-refractivity contribution in [3.05, 3.63) is 42.2 Å². The van der Waals surface area contributed by atoms with Crippen LogP contribution in [0, 0.1) is 0 Å². The largest absolute Gasteiger partial charge is 0.363 e. The molecule has 0 aliphatic carbocycles. The topological polar surface area (TPSA) is 93.2 Å².